The van der Waals surface area contributed by atoms with Crippen molar-refractivity contribution in [3.63, 3.8) is 0 Å². The van der Waals surface area contributed by atoms with E-state index in [0.29, 0.717) is 72.9 Å². The first-order valence-corrected chi connectivity index (χ1v) is 22.8. The number of carboxylic acids is 1. The van der Waals surface area contributed by atoms with Gasteiger partial charge < -0.3 is 34.8 Å². The Morgan fingerprint density at radius 2 is 1.04 bits per heavy atom. The number of aromatic carboxylic acids is 1. The van der Waals surface area contributed by atoms with E-state index in [-0.39, 0.29) is 49.7 Å². The van der Waals surface area contributed by atoms with Crippen LogP contribution in [0, 0.1) is 64.2 Å². The van der Waals surface area contributed by atoms with Gasteiger partial charge in [-0.1, -0.05) is 43.8 Å². The van der Waals surface area contributed by atoms with Crippen molar-refractivity contribution < 1.29 is 33.0 Å². The highest BCUT2D eigenvalue weighted by atomic mass is 35.5. The Bertz CT molecular complexity index is 3040. The van der Waals surface area contributed by atoms with Crippen LogP contribution in [0.15, 0.2) is 72.8 Å². The van der Waals surface area contributed by atoms with Crippen molar-refractivity contribution in [1.29, 1.82) is 10.5 Å². The van der Waals surface area contributed by atoms with Crippen LogP contribution in [0.25, 0.3) is 22.5 Å². The maximum Gasteiger partial charge on any atom is 0.335 e. The first-order chi connectivity index (χ1) is 32.7. The monoisotopic (exact) mass is 986 g/mol. The minimum atomic E-state index is -1.60. The average molecular weight is 988 g/mol. The molecule has 0 aliphatic carbocycles. The number of likely N-dealkylation sites (tertiary alicyclic amines) is 1. The predicted octanol–water partition coefficient (Wildman–Crippen LogP) is 9.85. The molecule has 4 N–H and O–H groups in total. The van der Waals surface area contributed by atoms with E-state index in [1.807, 2.05) is 71.9 Å². The SMILES string of the molecule is C.Cc1cc(C)c(-c2nc(C3(C)COC3)[nH]c2C)cc1C(=O)N1CC(F)(c2ccc(C#N)cc2)C1.Cc1cc(C)c(-c2nc(C3(C)COC3)[nH]c2C)cc1C(=O)O.Cl.N#Cc1ccc(C2(F)CNC2)cc1. The van der Waals surface area contributed by atoms with Crippen molar-refractivity contribution in [2.75, 3.05) is 52.6 Å². The number of benzene rings is 4. The second kappa shape index (κ2) is 20.5. The van der Waals surface area contributed by atoms with Gasteiger partial charge in [0.05, 0.1) is 90.6 Å². The van der Waals surface area contributed by atoms with Gasteiger partial charge in [0.2, 0.25) is 0 Å². The molecule has 10 rings (SSSR count). The number of hydrogen-bond acceptors (Lipinski definition) is 9. The molecular formula is C55H61ClF2N8O5. The molecule has 372 valence electrons. The standard InChI is InChI=1S/C27H27FN4O2.C17H20N2O3.C10H9FN2.CH4.ClH/c1-16-9-17(2)22(10-21(16)23-18(3)30-25(31-23)26(4)14-34-15-26)24(33)32-12-27(28,13-32)20-7-5-19(11-29)6-8-20;1-9-5-10(2)13(15(20)21)6-12(9)14-11(3)18-16(19-14)17(4)7-22-8-17;11-10(6-13-7-10)9-3-1-8(5-12)2-4-9;;/h5-10H,12-15H2,1-4H3,(H,30,31);5-6H,7-8H2,1-4H3,(H,18,19)(H,20,21);1-4,13H,6-7H2;1H4;1H. The van der Waals surface area contributed by atoms with Gasteiger partial charge in [0.25, 0.3) is 5.91 Å². The van der Waals surface area contributed by atoms with Gasteiger partial charge in [-0.25, -0.2) is 23.5 Å². The highest BCUT2D eigenvalue weighted by Gasteiger charge is 2.48. The summed E-state index contributed by atoms with van der Waals surface area (Å²) in [6, 6.07) is 24.7. The Morgan fingerprint density at radius 1 is 0.648 bits per heavy atom. The summed E-state index contributed by atoms with van der Waals surface area (Å²) in [5.74, 6) is 0.703. The van der Waals surface area contributed by atoms with E-state index in [0.717, 1.165) is 67.8 Å². The molecule has 0 spiro atoms. The molecule has 4 aromatic carbocycles. The third-order valence-corrected chi connectivity index (χ3v) is 13.8. The normalized spacial score (nSPS) is 17.2. The fourth-order valence-corrected chi connectivity index (χ4v) is 9.07. The summed E-state index contributed by atoms with van der Waals surface area (Å²) in [7, 11) is 0. The summed E-state index contributed by atoms with van der Waals surface area (Å²) >= 11 is 0. The van der Waals surface area contributed by atoms with Crippen LogP contribution in [0.5, 0.6) is 0 Å². The topological polar surface area (TPSA) is 193 Å². The van der Waals surface area contributed by atoms with Crippen LogP contribution >= 0.6 is 12.4 Å². The fraction of sp³-hybridized carbons (Fsp3) is 0.382. The number of carbonyl (C=O) groups excluding carboxylic acids is 1. The lowest BCUT2D eigenvalue weighted by atomic mass is 9.86. The molecule has 0 bridgehead atoms. The van der Waals surface area contributed by atoms with E-state index < -0.39 is 17.3 Å². The number of aryl methyl sites for hydroxylation is 6. The number of alkyl halides is 2. The minimum absolute atomic E-state index is 0. The zero-order valence-electron chi connectivity index (χ0n) is 40.6. The van der Waals surface area contributed by atoms with Gasteiger partial charge in [-0.15, -0.1) is 12.4 Å². The fourth-order valence-electron chi connectivity index (χ4n) is 9.07. The number of nitriles is 2. The number of imidazole rings is 2. The molecule has 4 fully saturated rings. The summed E-state index contributed by atoms with van der Waals surface area (Å²) < 4.78 is 39.8. The van der Waals surface area contributed by atoms with E-state index in [1.165, 1.54) is 4.90 Å². The first-order valence-electron chi connectivity index (χ1n) is 22.8. The summed E-state index contributed by atoms with van der Waals surface area (Å²) in [5, 5.41) is 29.7. The van der Waals surface area contributed by atoms with Crippen molar-refractivity contribution in [3.8, 4) is 34.7 Å². The molecular weight excluding hydrogens is 926 g/mol. The van der Waals surface area contributed by atoms with Crippen LogP contribution in [0.2, 0.25) is 0 Å². The number of hydrogen-bond donors (Lipinski definition) is 4. The van der Waals surface area contributed by atoms with Gasteiger partial charge in [0.1, 0.15) is 11.6 Å². The maximum atomic E-state index is 15.4. The van der Waals surface area contributed by atoms with Gasteiger partial charge in [-0.3, -0.25) is 4.79 Å². The van der Waals surface area contributed by atoms with Gasteiger partial charge in [0, 0.05) is 41.2 Å². The number of carbonyl (C=O) groups is 2. The molecule has 2 aromatic heterocycles. The van der Waals surface area contributed by atoms with Crippen LogP contribution in [0.3, 0.4) is 0 Å². The maximum absolute atomic E-state index is 15.4. The summed E-state index contributed by atoms with van der Waals surface area (Å²) in [6.07, 6.45) is 0. The molecule has 4 aliphatic heterocycles. The number of amides is 1. The number of rotatable bonds is 8. The third-order valence-electron chi connectivity index (χ3n) is 13.8. The predicted molar refractivity (Wildman–Crippen MR) is 270 cm³/mol. The molecule has 0 saturated carbocycles. The molecule has 0 radical (unpaired) electrons. The quantitative estimate of drug-likeness (QED) is 0.114. The Balaban J connectivity index is 0.000000191. The highest BCUT2D eigenvalue weighted by molar-refractivity contribution is 5.98. The Kier molecular flexibility index (Phi) is 15.5. The number of nitrogens with zero attached hydrogens (tertiary/aromatic N) is 5. The van der Waals surface area contributed by atoms with Crippen molar-refractivity contribution >= 4 is 24.3 Å². The zero-order chi connectivity index (χ0) is 49.6. The molecule has 13 nitrogen and oxygen atoms in total. The van der Waals surface area contributed by atoms with Gasteiger partial charge in [-0.2, -0.15) is 10.5 Å². The Labute approximate surface area is 420 Å². The largest absolute Gasteiger partial charge is 0.478 e. The number of carboxylic acid groups (broad SMARTS) is 1. The van der Waals surface area contributed by atoms with Crippen LogP contribution in [-0.4, -0.2) is 94.4 Å². The van der Waals surface area contributed by atoms with E-state index in [4.69, 9.17) is 30.0 Å². The second-order valence-electron chi connectivity index (χ2n) is 19.6. The molecule has 0 unspecified atom stereocenters. The molecule has 0 atom stereocenters. The second-order valence-corrected chi connectivity index (χ2v) is 19.6. The molecule has 6 heterocycles. The van der Waals surface area contributed by atoms with Gasteiger partial charge in [0.15, 0.2) is 11.3 Å². The highest BCUT2D eigenvalue weighted by Crippen LogP contribution is 2.40. The van der Waals surface area contributed by atoms with Crippen LogP contribution in [0.1, 0.15) is 110 Å². The van der Waals surface area contributed by atoms with Crippen LogP contribution < -0.4 is 5.32 Å². The molecule has 4 saturated heterocycles. The van der Waals surface area contributed by atoms with Crippen molar-refractivity contribution in [2.24, 2.45) is 0 Å². The first kappa shape index (κ1) is 53.6. The van der Waals surface area contributed by atoms with E-state index in [2.05, 4.69) is 29.1 Å². The zero-order valence-corrected chi connectivity index (χ0v) is 41.4. The number of halogens is 3. The van der Waals surface area contributed by atoms with E-state index in [9.17, 15) is 19.1 Å². The number of aromatic nitrogens is 4. The lowest BCUT2D eigenvalue weighted by Gasteiger charge is -2.45. The molecule has 4 aliphatic rings. The number of H-pyrrole nitrogens is 2. The summed E-state index contributed by atoms with van der Waals surface area (Å²) in [6.45, 7) is 19.2. The average Bonchev–Trinajstić information content (AvgIpc) is 3.87. The van der Waals surface area contributed by atoms with E-state index in [1.54, 1.807) is 54.6 Å². The molecule has 71 heavy (non-hydrogen) atoms. The summed E-state index contributed by atoms with van der Waals surface area (Å²) in [5.41, 5.74) is 9.08. The Hall–Kier alpha value is -6.75. The Morgan fingerprint density at radius 3 is 1.39 bits per heavy atom. The number of nitrogens with one attached hydrogen (secondary N) is 3. The van der Waals surface area contributed by atoms with Crippen molar-refractivity contribution in [1.82, 2.24) is 30.2 Å². The number of ether oxygens (including phenoxy) is 2. The van der Waals surface area contributed by atoms with Gasteiger partial charge >= 0.3 is 5.97 Å². The molecule has 16 heteroatoms. The summed E-state index contributed by atoms with van der Waals surface area (Å²) in [4.78, 5) is 42.6. The smallest absolute Gasteiger partial charge is 0.335 e. The van der Waals surface area contributed by atoms with Crippen molar-refractivity contribution in [2.45, 2.75) is 85.0 Å². The van der Waals surface area contributed by atoms with Crippen molar-refractivity contribution in [3.05, 3.63) is 151 Å². The minimum Gasteiger partial charge on any atom is -0.478 e. The lowest BCUT2D eigenvalue weighted by molar-refractivity contribution is -0.0539. The van der Waals surface area contributed by atoms with E-state index >= 15 is 4.39 Å². The third kappa shape index (κ3) is 10.4. The van der Waals surface area contributed by atoms with Crippen LogP contribution in [0.4, 0.5) is 8.78 Å². The lowest BCUT2D eigenvalue weighted by Crippen LogP contribution is -2.58. The number of aromatic amines is 2. The van der Waals surface area contributed by atoms with Gasteiger partial charge in [-0.05, 0) is 125 Å². The van der Waals surface area contributed by atoms with Crippen LogP contribution in [-0.2, 0) is 31.6 Å². The molecule has 6 aromatic rings. The molecule has 1 amide bonds.